The molecular weight excluding hydrogens is 291 g/mol. The average Bonchev–Trinajstić information content (AvgIpc) is 2.17. The molecule has 0 amide bonds. The Labute approximate surface area is 94.7 Å². The van der Waals surface area contributed by atoms with Gasteiger partial charge < -0.3 is 5.11 Å². The number of carbonyl (C=O) groups is 1. The van der Waals surface area contributed by atoms with Gasteiger partial charge in [-0.3, -0.25) is 0 Å². The van der Waals surface area contributed by atoms with Crippen LogP contribution in [0.25, 0.3) is 10.8 Å². The Morgan fingerprint density at radius 1 is 1.21 bits per heavy atom. The van der Waals surface area contributed by atoms with Crippen LogP contribution in [0.15, 0.2) is 36.4 Å². The van der Waals surface area contributed by atoms with E-state index in [0.717, 1.165) is 14.3 Å². The van der Waals surface area contributed by atoms with Crippen molar-refractivity contribution in [3.8, 4) is 0 Å². The van der Waals surface area contributed by atoms with Crippen LogP contribution in [0.1, 0.15) is 10.4 Å². The Morgan fingerprint density at radius 2 is 2.00 bits per heavy atom. The van der Waals surface area contributed by atoms with Gasteiger partial charge in [0.1, 0.15) is 0 Å². The highest BCUT2D eigenvalue weighted by Crippen LogP contribution is 2.21. The van der Waals surface area contributed by atoms with Crippen molar-refractivity contribution in [1.82, 2.24) is 0 Å². The Bertz CT molecular complexity index is 506. The highest BCUT2D eigenvalue weighted by molar-refractivity contribution is 14.1. The molecule has 0 unspecified atom stereocenters. The molecule has 14 heavy (non-hydrogen) atoms. The fourth-order valence-electron chi connectivity index (χ4n) is 1.38. The van der Waals surface area contributed by atoms with Crippen LogP contribution in [0.4, 0.5) is 0 Å². The minimum atomic E-state index is -0.884. The summed E-state index contributed by atoms with van der Waals surface area (Å²) in [5, 5.41) is 10.9. The summed E-state index contributed by atoms with van der Waals surface area (Å²) in [7, 11) is 0. The topological polar surface area (TPSA) is 37.3 Å². The van der Waals surface area contributed by atoms with E-state index >= 15 is 0 Å². The molecule has 2 aromatic rings. The van der Waals surface area contributed by atoms with Crippen LogP contribution in [0.3, 0.4) is 0 Å². The van der Waals surface area contributed by atoms with Gasteiger partial charge in [0.2, 0.25) is 0 Å². The molecular formula is C11H7IO2. The monoisotopic (exact) mass is 298 g/mol. The van der Waals surface area contributed by atoms with Crippen molar-refractivity contribution in [2.75, 3.05) is 0 Å². The zero-order valence-electron chi connectivity index (χ0n) is 7.20. The molecule has 3 heteroatoms. The molecule has 1 N–H and O–H groups in total. The van der Waals surface area contributed by atoms with E-state index in [4.69, 9.17) is 5.11 Å². The first kappa shape index (κ1) is 9.45. The molecule has 0 saturated heterocycles. The van der Waals surface area contributed by atoms with Crippen molar-refractivity contribution < 1.29 is 9.90 Å². The molecule has 0 aliphatic heterocycles. The standard InChI is InChI=1S/C11H7IO2/c12-10-3-1-2-7-6-8(11(13)14)4-5-9(7)10/h1-6H,(H,13,14). The lowest BCUT2D eigenvalue weighted by Crippen LogP contribution is -1.95. The number of hydrogen-bond donors (Lipinski definition) is 1. The first-order valence-electron chi connectivity index (χ1n) is 4.10. The van der Waals surface area contributed by atoms with Gasteiger partial charge in [-0.15, -0.1) is 0 Å². The second kappa shape index (κ2) is 3.57. The normalized spacial score (nSPS) is 10.4. The van der Waals surface area contributed by atoms with E-state index in [1.54, 1.807) is 12.1 Å². The maximum absolute atomic E-state index is 10.7. The van der Waals surface area contributed by atoms with Gasteiger partial charge in [0.15, 0.2) is 0 Å². The molecule has 2 nitrogen and oxygen atoms in total. The maximum Gasteiger partial charge on any atom is 0.335 e. The lowest BCUT2D eigenvalue weighted by Gasteiger charge is -2.01. The lowest BCUT2D eigenvalue weighted by atomic mass is 10.1. The second-order valence-corrected chi connectivity index (χ2v) is 4.14. The van der Waals surface area contributed by atoms with Crippen LogP contribution in [0.2, 0.25) is 0 Å². The first-order valence-corrected chi connectivity index (χ1v) is 5.18. The summed E-state index contributed by atoms with van der Waals surface area (Å²) in [6.07, 6.45) is 0. The van der Waals surface area contributed by atoms with Gasteiger partial charge in [-0.2, -0.15) is 0 Å². The molecule has 0 spiro atoms. The number of benzene rings is 2. The largest absolute Gasteiger partial charge is 0.478 e. The predicted octanol–water partition coefficient (Wildman–Crippen LogP) is 3.14. The summed E-state index contributed by atoms with van der Waals surface area (Å²) in [4.78, 5) is 10.7. The smallest absolute Gasteiger partial charge is 0.335 e. The maximum atomic E-state index is 10.7. The molecule has 0 heterocycles. The predicted molar refractivity (Wildman–Crippen MR) is 63.6 cm³/mol. The van der Waals surface area contributed by atoms with Crippen molar-refractivity contribution in [2.45, 2.75) is 0 Å². The fourth-order valence-corrected chi connectivity index (χ4v) is 2.08. The highest BCUT2D eigenvalue weighted by atomic mass is 127. The Balaban J connectivity index is 2.73. The molecule has 0 saturated carbocycles. The van der Waals surface area contributed by atoms with E-state index in [9.17, 15) is 4.79 Å². The molecule has 70 valence electrons. The van der Waals surface area contributed by atoms with Crippen molar-refractivity contribution in [2.24, 2.45) is 0 Å². The molecule has 0 radical (unpaired) electrons. The van der Waals surface area contributed by atoms with E-state index in [-0.39, 0.29) is 0 Å². The number of hydrogen-bond acceptors (Lipinski definition) is 1. The Kier molecular flexibility index (Phi) is 2.41. The van der Waals surface area contributed by atoms with Gasteiger partial charge in [0.05, 0.1) is 5.56 Å². The SMILES string of the molecule is O=C(O)c1ccc2c(I)cccc2c1. The van der Waals surface area contributed by atoms with E-state index < -0.39 is 5.97 Å². The zero-order valence-corrected chi connectivity index (χ0v) is 9.36. The number of aromatic carboxylic acids is 1. The minimum Gasteiger partial charge on any atom is -0.478 e. The molecule has 0 aromatic heterocycles. The zero-order chi connectivity index (χ0) is 10.1. The summed E-state index contributed by atoms with van der Waals surface area (Å²) in [5.74, 6) is -0.884. The number of halogens is 1. The Morgan fingerprint density at radius 3 is 2.71 bits per heavy atom. The van der Waals surface area contributed by atoms with E-state index in [2.05, 4.69) is 22.6 Å². The van der Waals surface area contributed by atoms with Crippen LogP contribution in [-0.4, -0.2) is 11.1 Å². The van der Waals surface area contributed by atoms with Crippen molar-refractivity contribution in [3.63, 3.8) is 0 Å². The van der Waals surface area contributed by atoms with Gasteiger partial charge in [0, 0.05) is 3.57 Å². The molecule has 2 rings (SSSR count). The molecule has 2 aromatic carbocycles. The Hall–Kier alpha value is -1.10. The molecule has 0 bridgehead atoms. The summed E-state index contributed by atoms with van der Waals surface area (Å²) >= 11 is 2.24. The minimum absolute atomic E-state index is 0.333. The molecule has 0 aliphatic carbocycles. The summed E-state index contributed by atoms with van der Waals surface area (Å²) in [6.45, 7) is 0. The van der Waals surface area contributed by atoms with Crippen molar-refractivity contribution in [1.29, 1.82) is 0 Å². The lowest BCUT2D eigenvalue weighted by molar-refractivity contribution is 0.0697. The molecule has 0 atom stereocenters. The molecule has 0 aliphatic rings. The van der Waals surface area contributed by atoms with Gasteiger partial charge in [-0.25, -0.2) is 4.79 Å². The number of fused-ring (bicyclic) bond motifs is 1. The highest BCUT2D eigenvalue weighted by Gasteiger charge is 2.04. The van der Waals surface area contributed by atoms with E-state index in [1.807, 2.05) is 24.3 Å². The van der Waals surface area contributed by atoms with Crippen LogP contribution in [-0.2, 0) is 0 Å². The molecule has 0 fully saturated rings. The van der Waals surface area contributed by atoms with Gasteiger partial charge >= 0.3 is 5.97 Å². The summed E-state index contributed by atoms with van der Waals surface area (Å²) in [6, 6.07) is 11.0. The van der Waals surface area contributed by atoms with E-state index in [1.165, 1.54) is 0 Å². The number of carboxylic acids is 1. The van der Waals surface area contributed by atoms with Gasteiger partial charge in [-0.1, -0.05) is 18.2 Å². The van der Waals surface area contributed by atoms with Crippen molar-refractivity contribution in [3.05, 3.63) is 45.5 Å². The van der Waals surface area contributed by atoms with Crippen LogP contribution < -0.4 is 0 Å². The van der Waals surface area contributed by atoms with Gasteiger partial charge in [-0.05, 0) is 51.6 Å². The fraction of sp³-hybridized carbons (Fsp3) is 0. The van der Waals surface area contributed by atoms with E-state index in [0.29, 0.717) is 5.56 Å². The number of rotatable bonds is 1. The third-order valence-electron chi connectivity index (χ3n) is 2.07. The van der Waals surface area contributed by atoms with Gasteiger partial charge in [0.25, 0.3) is 0 Å². The third-order valence-corrected chi connectivity index (χ3v) is 3.01. The van der Waals surface area contributed by atoms with Crippen LogP contribution in [0, 0.1) is 3.57 Å². The van der Waals surface area contributed by atoms with Crippen LogP contribution in [0.5, 0.6) is 0 Å². The second-order valence-electron chi connectivity index (χ2n) is 2.98. The average molecular weight is 298 g/mol. The quantitative estimate of drug-likeness (QED) is 0.821. The number of carboxylic acid groups (broad SMARTS) is 1. The van der Waals surface area contributed by atoms with Crippen LogP contribution >= 0.6 is 22.6 Å². The first-order chi connectivity index (χ1) is 6.68. The summed E-state index contributed by atoms with van der Waals surface area (Å²) in [5.41, 5.74) is 0.333. The summed E-state index contributed by atoms with van der Waals surface area (Å²) < 4.78 is 1.14. The van der Waals surface area contributed by atoms with Crippen molar-refractivity contribution >= 4 is 39.3 Å². The third kappa shape index (κ3) is 1.59.